The van der Waals surface area contributed by atoms with Gasteiger partial charge in [0.1, 0.15) is 17.7 Å². The fourth-order valence-electron chi connectivity index (χ4n) is 3.42. The highest BCUT2D eigenvalue weighted by atomic mass is 32.1. The normalized spacial score (nSPS) is 17.4. The summed E-state index contributed by atoms with van der Waals surface area (Å²) >= 11 is 1.61. The van der Waals surface area contributed by atoms with Crippen LogP contribution in [0, 0.1) is 11.3 Å². The molecule has 3 aromatic rings. The Bertz CT molecular complexity index is 879. The third kappa shape index (κ3) is 3.26. The summed E-state index contributed by atoms with van der Waals surface area (Å²) in [5.74, 6) is 2.20. The number of rotatable bonds is 4. The van der Waals surface area contributed by atoms with Crippen molar-refractivity contribution in [3.05, 3.63) is 58.7 Å². The smallest absolute Gasteiger partial charge is 0.146 e. The van der Waals surface area contributed by atoms with Gasteiger partial charge in [0.2, 0.25) is 0 Å². The quantitative estimate of drug-likeness (QED) is 0.723. The first-order chi connectivity index (χ1) is 12.3. The van der Waals surface area contributed by atoms with Gasteiger partial charge in [-0.1, -0.05) is 0 Å². The van der Waals surface area contributed by atoms with E-state index in [0.717, 1.165) is 49.8 Å². The van der Waals surface area contributed by atoms with Crippen molar-refractivity contribution in [2.45, 2.75) is 25.3 Å². The predicted octanol–water partition coefficient (Wildman–Crippen LogP) is 3.04. The number of hydrogen-bond donors (Lipinski definition) is 0. The van der Waals surface area contributed by atoms with E-state index in [1.807, 2.05) is 30.0 Å². The SMILES string of the molecule is N#Cc1cccnc1N1CCC[C@@H](c2nccn2Cc2cscn2)C1. The zero-order valence-electron chi connectivity index (χ0n) is 13.7. The maximum absolute atomic E-state index is 9.35. The van der Waals surface area contributed by atoms with Gasteiger partial charge >= 0.3 is 0 Å². The minimum atomic E-state index is 0.330. The molecule has 3 aromatic heterocycles. The van der Waals surface area contributed by atoms with Gasteiger partial charge in [-0.05, 0) is 25.0 Å². The number of thiazole rings is 1. The first-order valence-electron chi connectivity index (χ1n) is 8.33. The lowest BCUT2D eigenvalue weighted by molar-refractivity contribution is 0.473. The van der Waals surface area contributed by atoms with Crippen molar-refractivity contribution in [1.82, 2.24) is 19.5 Å². The summed E-state index contributed by atoms with van der Waals surface area (Å²) in [6.45, 7) is 2.51. The van der Waals surface area contributed by atoms with Crippen LogP contribution < -0.4 is 4.90 Å². The Balaban J connectivity index is 1.56. The molecule has 7 heteroatoms. The van der Waals surface area contributed by atoms with Gasteiger partial charge in [0.25, 0.3) is 0 Å². The van der Waals surface area contributed by atoms with Crippen molar-refractivity contribution < 1.29 is 0 Å². The lowest BCUT2D eigenvalue weighted by atomic mass is 9.96. The summed E-state index contributed by atoms with van der Waals surface area (Å²) in [7, 11) is 0. The van der Waals surface area contributed by atoms with Crippen molar-refractivity contribution in [1.29, 1.82) is 5.26 Å². The van der Waals surface area contributed by atoms with E-state index in [0.29, 0.717) is 11.5 Å². The molecule has 0 amide bonds. The van der Waals surface area contributed by atoms with Crippen molar-refractivity contribution in [3.8, 4) is 6.07 Å². The number of nitriles is 1. The molecule has 0 bridgehead atoms. The molecule has 1 aliphatic heterocycles. The number of pyridine rings is 1. The molecule has 0 saturated carbocycles. The summed E-state index contributed by atoms with van der Waals surface area (Å²) in [6, 6.07) is 5.89. The Hall–Kier alpha value is -2.72. The van der Waals surface area contributed by atoms with Gasteiger partial charge in [-0.3, -0.25) is 0 Å². The van der Waals surface area contributed by atoms with Crippen LogP contribution in [0.4, 0.5) is 5.82 Å². The molecular weight excluding hydrogens is 332 g/mol. The van der Waals surface area contributed by atoms with E-state index in [2.05, 4.69) is 35.9 Å². The standard InChI is InChI=1S/C18H18N6S/c19-9-14-3-1-5-20-17(14)23-7-2-4-15(10-23)18-21-6-8-24(18)11-16-12-25-13-22-16/h1,3,5-6,8,12-13,15H,2,4,7,10-11H2/t15-/m1/s1. The van der Waals surface area contributed by atoms with Crippen molar-refractivity contribution in [2.75, 3.05) is 18.0 Å². The monoisotopic (exact) mass is 350 g/mol. The average Bonchev–Trinajstić information content (AvgIpc) is 3.34. The lowest BCUT2D eigenvalue weighted by Crippen LogP contribution is -2.36. The minimum absolute atomic E-state index is 0.330. The Morgan fingerprint density at radius 2 is 2.24 bits per heavy atom. The van der Waals surface area contributed by atoms with Crippen LogP contribution in [0.5, 0.6) is 0 Å². The van der Waals surface area contributed by atoms with Crippen molar-refractivity contribution in [3.63, 3.8) is 0 Å². The van der Waals surface area contributed by atoms with Crippen LogP contribution in [0.3, 0.4) is 0 Å². The van der Waals surface area contributed by atoms with E-state index in [1.165, 1.54) is 0 Å². The van der Waals surface area contributed by atoms with E-state index in [9.17, 15) is 5.26 Å². The zero-order chi connectivity index (χ0) is 17.1. The fraction of sp³-hybridized carbons (Fsp3) is 0.333. The number of piperidine rings is 1. The highest BCUT2D eigenvalue weighted by Crippen LogP contribution is 2.30. The molecule has 6 nitrogen and oxygen atoms in total. The summed E-state index contributed by atoms with van der Waals surface area (Å²) in [6.07, 6.45) is 7.80. The third-order valence-electron chi connectivity index (χ3n) is 4.56. The maximum atomic E-state index is 9.35. The predicted molar refractivity (Wildman–Crippen MR) is 96.6 cm³/mol. The minimum Gasteiger partial charge on any atom is -0.355 e. The van der Waals surface area contributed by atoms with Gasteiger partial charge in [0, 0.05) is 43.0 Å². The van der Waals surface area contributed by atoms with E-state index < -0.39 is 0 Å². The lowest BCUT2D eigenvalue weighted by Gasteiger charge is -2.33. The van der Waals surface area contributed by atoms with Crippen molar-refractivity contribution >= 4 is 17.2 Å². The summed E-state index contributed by atoms with van der Waals surface area (Å²) < 4.78 is 2.19. The van der Waals surface area contributed by atoms with E-state index in [4.69, 9.17) is 0 Å². The van der Waals surface area contributed by atoms with Crippen LogP contribution in [0.1, 0.15) is 35.8 Å². The van der Waals surface area contributed by atoms with Crippen LogP contribution >= 0.6 is 11.3 Å². The first kappa shape index (κ1) is 15.8. The van der Waals surface area contributed by atoms with E-state index in [1.54, 1.807) is 17.5 Å². The molecular formula is C18H18N6S. The molecule has 4 heterocycles. The van der Waals surface area contributed by atoms with Gasteiger partial charge in [-0.15, -0.1) is 11.3 Å². The van der Waals surface area contributed by atoms with Gasteiger partial charge < -0.3 is 9.47 Å². The molecule has 1 atom stereocenters. The molecule has 4 rings (SSSR count). The fourth-order valence-corrected chi connectivity index (χ4v) is 3.97. The summed E-state index contributed by atoms with van der Waals surface area (Å²) in [5.41, 5.74) is 3.56. The van der Waals surface area contributed by atoms with Crippen LogP contribution in [-0.2, 0) is 6.54 Å². The molecule has 0 radical (unpaired) electrons. The number of hydrogen-bond acceptors (Lipinski definition) is 6. The van der Waals surface area contributed by atoms with E-state index in [-0.39, 0.29) is 0 Å². The Kier molecular flexibility index (Phi) is 4.44. The van der Waals surface area contributed by atoms with Gasteiger partial charge in [-0.25, -0.2) is 15.0 Å². The molecule has 0 N–H and O–H groups in total. The second-order valence-electron chi connectivity index (χ2n) is 6.16. The van der Waals surface area contributed by atoms with Crippen molar-refractivity contribution in [2.24, 2.45) is 0 Å². The topological polar surface area (TPSA) is 70.6 Å². The van der Waals surface area contributed by atoms with Crippen LogP contribution in [0.15, 0.2) is 41.6 Å². The second-order valence-corrected chi connectivity index (χ2v) is 6.88. The molecule has 0 unspecified atom stereocenters. The Labute approximate surface area is 150 Å². The maximum Gasteiger partial charge on any atom is 0.146 e. The molecule has 25 heavy (non-hydrogen) atoms. The molecule has 126 valence electrons. The Morgan fingerprint density at radius 3 is 3.08 bits per heavy atom. The molecule has 0 aliphatic carbocycles. The molecule has 0 aromatic carbocycles. The molecule has 1 saturated heterocycles. The highest BCUT2D eigenvalue weighted by molar-refractivity contribution is 7.07. The average molecular weight is 350 g/mol. The second kappa shape index (κ2) is 7.03. The van der Waals surface area contributed by atoms with Gasteiger partial charge in [0.15, 0.2) is 0 Å². The number of imidazole rings is 1. The molecule has 1 fully saturated rings. The zero-order valence-corrected chi connectivity index (χ0v) is 14.6. The highest BCUT2D eigenvalue weighted by Gasteiger charge is 2.26. The van der Waals surface area contributed by atoms with Gasteiger partial charge in [-0.2, -0.15) is 5.26 Å². The first-order valence-corrected chi connectivity index (χ1v) is 9.27. The number of nitrogens with zero attached hydrogens (tertiary/aromatic N) is 6. The van der Waals surface area contributed by atoms with Crippen LogP contribution in [0.2, 0.25) is 0 Å². The largest absolute Gasteiger partial charge is 0.355 e. The molecule has 0 spiro atoms. The summed E-state index contributed by atoms with van der Waals surface area (Å²) in [5, 5.41) is 11.4. The van der Waals surface area contributed by atoms with Crippen LogP contribution in [-0.4, -0.2) is 32.6 Å². The molecule has 1 aliphatic rings. The Morgan fingerprint density at radius 1 is 1.28 bits per heavy atom. The van der Waals surface area contributed by atoms with Crippen LogP contribution in [0.25, 0.3) is 0 Å². The summed E-state index contributed by atoms with van der Waals surface area (Å²) in [4.78, 5) is 15.7. The van der Waals surface area contributed by atoms with Gasteiger partial charge in [0.05, 0.1) is 23.3 Å². The number of anilines is 1. The van der Waals surface area contributed by atoms with E-state index >= 15 is 0 Å². The third-order valence-corrected chi connectivity index (χ3v) is 5.19. The number of aromatic nitrogens is 4.